The lowest BCUT2D eigenvalue weighted by Crippen LogP contribution is -2.57. The van der Waals surface area contributed by atoms with Crippen LogP contribution in [0.3, 0.4) is 0 Å². The lowest BCUT2D eigenvalue weighted by Gasteiger charge is -2.25. The van der Waals surface area contributed by atoms with E-state index in [0.29, 0.717) is 0 Å². The zero-order valence-electron chi connectivity index (χ0n) is 18.9. The van der Waals surface area contributed by atoms with Gasteiger partial charge in [-0.25, -0.2) is 4.79 Å². The number of hydrogen-bond donors (Lipinski definition) is 8. The average Bonchev–Trinajstić information content (AvgIpc) is 2.68. The molecule has 15 nitrogen and oxygen atoms in total. The number of nitrogens with one attached hydrogen (secondary N) is 3. The fraction of sp³-hybridized carbons (Fsp3) is 0.632. The predicted molar refractivity (Wildman–Crippen MR) is 115 cm³/mol. The van der Waals surface area contributed by atoms with Gasteiger partial charge in [0.1, 0.15) is 18.1 Å². The quantitative estimate of drug-likeness (QED) is 0.106. The molecule has 0 radical (unpaired) electrons. The van der Waals surface area contributed by atoms with Gasteiger partial charge < -0.3 is 43.4 Å². The number of amides is 5. The lowest BCUT2D eigenvalue weighted by atomic mass is 10.0. The number of primary amides is 2. The van der Waals surface area contributed by atoms with E-state index < -0.39 is 78.5 Å². The first kappa shape index (κ1) is 30.2. The largest absolute Gasteiger partial charge is 0.481 e. The Balaban J connectivity index is 5.61. The second kappa shape index (κ2) is 14.4. The van der Waals surface area contributed by atoms with E-state index in [4.69, 9.17) is 22.3 Å². The molecule has 0 spiro atoms. The van der Waals surface area contributed by atoms with Gasteiger partial charge >= 0.3 is 11.9 Å². The summed E-state index contributed by atoms with van der Waals surface area (Å²) in [6.45, 7) is 3.47. The van der Waals surface area contributed by atoms with Gasteiger partial charge in [-0.2, -0.15) is 0 Å². The van der Waals surface area contributed by atoms with Gasteiger partial charge in [-0.05, 0) is 18.8 Å². The monoisotopic (exact) mass is 488 g/mol. The molecule has 4 unspecified atom stereocenters. The Morgan fingerprint density at radius 2 is 1.24 bits per heavy atom. The molecule has 34 heavy (non-hydrogen) atoms. The third kappa shape index (κ3) is 12.3. The molecule has 15 heteroatoms. The van der Waals surface area contributed by atoms with Gasteiger partial charge in [-0.3, -0.25) is 28.8 Å². The molecule has 0 heterocycles. The van der Waals surface area contributed by atoms with Crippen LogP contribution in [0.4, 0.5) is 0 Å². The maximum absolute atomic E-state index is 12.7. The highest BCUT2D eigenvalue weighted by molar-refractivity contribution is 5.96. The summed E-state index contributed by atoms with van der Waals surface area (Å²) in [4.78, 5) is 82.2. The molecule has 0 bridgehead atoms. The van der Waals surface area contributed by atoms with E-state index in [1.165, 1.54) is 0 Å². The first-order valence-corrected chi connectivity index (χ1v) is 10.3. The van der Waals surface area contributed by atoms with E-state index >= 15 is 0 Å². The molecule has 0 aromatic heterocycles. The number of carbonyl (C=O) groups is 7. The van der Waals surface area contributed by atoms with Crippen LogP contribution in [0.1, 0.15) is 46.0 Å². The summed E-state index contributed by atoms with van der Waals surface area (Å²) < 4.78 is 0. The van der Waals surface area contributed by atoms with Gasteiger partial charge in [0.15, 0.2) is 0 Å². The van der Waals surface area contributed by atoms with Crippen LogP contribution >= 0.6 is 0 Å². The maximum atomic E-state index is 12.7. The molecule has 0 rings (SSSR count). The highest BCUT2D eigenvalue weighted by Gasteiger charge is 2.32. The molecule has 0 saturated heterocycles. The molecule has 0 aliphatic carbocycles. The van der Waals surface area contributed by atoms with Gasteiger partial charge in [0.25, 0.3) is 0 Å². The van der Waals surface area contributed by atoms with Crippen molar-refractivity contribution in [2.24, 2.45) is 23.1 Å². The van der Waals surface area contributed by atoms with Gasteiger partial charge in [0.2, 0.25) is 29.5 Å². The Morgan fingerprint density at radius 1 is 0.735 bits per heavy atom. The number of carboxylic acid groups (broad SMARTS) is 2. The summed E-state index contributed by atoms with van der Waals surface area (Å²) in [7, 11) is 0. The number of carbonyl (C=O) groups excluding carboxylic acids is 5. The number of carboxylic acids is 2. The third-order valence-corrected chi connectivity index (χ3v) is 4.40. The smallest absolute Gasteiger partial charge is 0.326 e. The first-order chi connectivity index (χ1) is 15.6. The lowest BCUT2D eigenvalue weighted by molar-refractivity contribution is -0.143. The Morgan fingerprint density at radius 3 is 1.68 bits per heavy atom. The minimum absolute atomic E-state index is 0.0764. The SMILES string of the molecule is CC(C)CC(NC(=O)C(CCC(N)=O)NC(=O)C(CC(=O)O)NC(=O)C(N)CC(N)=O)C(=O)O. The van der Waals surface area contributed by atoms with Crippen molar-refractivity contribution in [2.75, 3.05) is 0 Å². The molecule has 0 aliphatic heterocycles. The molecule has 11 N–H and O–H groups in total. The molecule has 0 aromatic carbocycles. The highest BCUT2D eigenvalue weighted by atomic mass is 16.4. The number of hydrogen-bond acceptors (Lipinski definition) is 8. The molecule has 4 atom stereocenters. The van der Waals surface area contributed by atoms with Crippen molar-refractivity contribution in [1.29, 1.82) is 0 Å². The zero-order valence-corrected chi connectivity index (χ0v) is 18.9. The second-order valence-corrected chi connectivity index (χ2v) is 8.03. The van der Waals surface area contributed by atoms with Gasteiger partial charge in [-0.1, -0.05) is 13.8 Å². The molecular formula is C19H32N6O9. The van der Waals surface area contributed by atoms with Crippen LogP contribution in [0.5, 0.6) is 0 Å². The number of nitrogens with two attached hydrogens (primary N) is 3. The van der Waals surface area contributed by atoms with Gasteiger partial charge in [0, 0.05) is 6.42 Å². The van der Waals surface area contributed by atoms with Crippen molar-refractivity contribution in [1.82, 2.24) is 16.0 Å². The molecule has 0 fully saturated rings. The Labute approximate surface area is 195 Å². The van der Waals surface area contributed by atoms with E-state index in [-0.39, 0.29) is 25.2 Å². The fourth-order valence-corrected chi connectivity index (χ4v) is 2.77. The van der Waals surface area contributed by atoms with Crippen LogP contribution in [0, 0.1) is 5.92 Å². The van der Waals surface area contributed by atoms with Crippen LogP contribution in [0.15, 0.2) is 0 Å². The normalized spacial score (nSPS) is 14.2. The number of rotatable bonds is 16. The molecule has 0 aromatic rings. The molecule has 0 saturated carbocycles. The standard InChI is InChI=1S/C19H32N6O9/c1-8(2)5-12(19(33)34)25-17(31)10(3-4-13(21)26)23-18(32)11(7-15(28)29)24-16(30)9(20)6-14(22)27/h8-12H,3-7,20H2,1-2H3,(H2,21,26)(H2,22,27)(H,23,32)(H,24,30)(H,25,31)(H,28,29)(H,33,34). The van der Waals surface area contributed by atoms with Crippen molar-refractivity contribution in [2.45, 2.75) is 70.1 Å². The Kier molecular flexibility index (Phi) is 12.8. The molecular weight excluding hydrogens is 456 g/mol. The Hall–Kier alpha value is -3.75. The zero-order chi connectivity index (χ0) is 26.6. The Bertz CT molecular complexity index is 801. The highest BCUT2D eigenvalue weighted by Crippen LogP contribution is 2.07. The van der Waals surface area contributed by atoms with Crippen molar-refractivity contribution in [3.8, 4) is 0 Å². The van der Waals surface area contributed by atoms with Crippen LogP contribution in [-0.2, 0) is 33.6 Å². The summed E-state index contributed by atoms with van der Waals surface area (Å²) in [5.41, 5.74) is 15.5. The predicted octanol–water partition coefficient (Wildman–Crippen LogP) is -3.49. The van der Waals surface area contributed by atoms with E-state index in [1.54, 1.807) is 13.8 Å². The summed E-state index contributed by atoms with van der Waals surface area (Å²) in [6.07, 6.45) is -2.08. The second-order valence-electron chi connectivity index (χ2n) is 8.03. The molecule has 0 aliphatic rings. The maximum Gasteiger partial charge on any atom is 0.326 e. The van der Waals surface area contributed by atoms with Crippen molar-refractivity contribution < 1.29 is 43.8 Å². The van der Waals surface area contributed by atoms with Crippen LogP contribution in [-0.4, -0.2) is 75.9 Å². The minimum atomic E-state index is -1.71. The summed E-state index contributed by atoms with van der Waals surface area (Å²) >= 11 is 0. The topological polar surface area (TPSA) is 274 Å². The third-order valence-electron chi connectivity index (χ3n) is 4.40. The van der Waals surface area contributed by atoms with Crippen molar-refractivity contribution in [3.63, 3.8) is 0 Å². The summed E-state index contributed by atoms with van der Waals surface area (Å²) in [5, 5.41) is 24.9. The van der Waals surface area contributed by atoms with Gasteiger partial charge in [-0.15, -0.1) is 0 Å². The summed E-state index contributed by atoms with van der Waals surface area (Å²) in [6, 6.07) is -5.93. The van der Waals surface area contributed by atoms with Crippen LogP contribution in [0.2, 0.25) is 0 Å². The van der Waals surface area contributed by atoms with E-state index in [9.17, 15) is 38.7 Å². The van der Waals surface area contributed by atoms with E-state index in [1.807, 2.05) is 0 Å². The van der Waals surface area contributed by atoms with Gasteiger partial charge in [0.05, 0.1) is 18.9 Å². The molecule has 5 amide bonds. The average molecular weight is 488 g/mol. The minimum Gasteiger partial charge on any atom is -0.481 e. The fourth-order valence-electron chi connectivity index (χ4n) is 2.77. The van der Waals surface area contributed by atoms with Crippen LogP contribution in [0.25, 0.3) is 0 Å². The molecule has 192 valence electrons. The first-order valence-electron chi connectivity index (χ1n) is 10.3. The number of aliphatic carboxylic acids is 2. The van der Waals surface area contributed by atoms with E-state index in [2.05, 4.69) is 16.0 Å². The van der Waals surface area contributed by atoms with Crippen molar-refractivity contribution in [3.05, 3.63) is 0 Å². The van der Waals surface area contributed by atoms with Crippen molar-refractivity contribution >= 4 is 41.5 Å². The van der Waals surface area contributed by atoms with E-state index in [0.717, 1.165) is 0 Å². The summed E-state index contributed by atoms with van der Waals surface area (Å²) in [5.74, 6) is -7.72. The van der Waals surface area contributed by atoms with Crippen LogP contribution < -0.4 is 33.2 Å².